The molecule has 1 atom stereocenters. The van der Waals surface area contributed by atoms with Crippen molar-refractivity contribution in [3.8, 4) is 11.8 Å². The fourth-order valence-corrected chi connectivity index (χ4v) is 2.25. The Bertz CT molecular complexity index is 582. The minimum atomic E-state index is -0.248. The first-order valence-electron chi connectivity index (χ1n) is 6.55. The summed E-state index contributed by atoms with van der Waals surface area (Å²) in [6, 6.07) is 6.25. The van der Waals surface area contributed by atoms with E-state index in [2.05, 4.69) is 25.7 Å². The van der Waals surface area contributed by atoms with Crippen molar-refractivity contribution in [3.63, 3.8) is 0 Å². The topological polar surface area (TPSA) is 26.0 Å². The molecule has 2 rings (SSSR count). The Hall–Kier alpha value is -2.01. The van der Waals surface area contributed by atoms with Crippen molar-refractivity contribution in [2.75, 3.05) is 0 Å². The monoisotopic (exact) mass is 255 g/mol. The van der Waals surface area contributed by atoms with Crippen LogP contribution in [0.1, 0.15) is 32.3 Å². The van der Waals surface area contributed by atoms with Gasteiger partial charge in [-0.15, -0.1) is 0 Å². The van der Waals surface area contributed by atoms with Crippen LogP contribution in [0, 0.1) is 23.6 Å². The van der Waals surface area contributed by atoms with Crippen molar-refractivity contribution in [1.82, 2.24) is 0 Å². The fraction of sp³-hybridized carbons (Fsp3) is 0.294. The third-order valence-corrected chi connectivity index (χ3v) is 3.41. The van der Waals surface area contributed by atoms with E-state index in [0.29, 0.717) is 5.70 Å². The van der Waals surface area contributed by atoms with Crippen molar-refractivity contribution >= 4 is 5.70 Å². The first-order chi connectivity index (χ1) is 9.11. The molecule has 0 spiro atoms. The van der Waals surface area contributed by atoms with Crippen molar-refractivity contribution in [2.45, 2.75) is 26.7 Å². The Balaban J connectivity index is 2.34. The molecule has 1 nitrogen and oxygen atoms in total. The molecule has 1 aliphatic rings. The maximum atomic E-state index is 12.9. The van der Waals surface area contributed by atoms with E-state index in [-0.39, 0.29) is 11.7 Å². The molecular weight excluding hydrogens is 237 g/mol. The predicted octanol–water partition coefficient (Wildman–Crippen LogP) is 3.88. The lowest BCUT2D eigenvalue weighted by Gasteiger charge is -2.17. The van der Waals surface area contributed by atoms with Gasteiger partial charge in [-0.05, 0) is 42.7 Å². The second-order valence-corrected chi connectivity index (χ2v) is 4.74. The van der Waals surface area contributed by atoms with Gasteiger partial charge in [0.15, 0.2) is 0 Å². The van der Waals surface area contributed by atoms with Crippen molar-refractivity contribution in [2.24, 2.45) is 11.7 Å². The maximum absolute atomic E-state index is 12.9. The molecule has 0 aliphatic heterocycles. The summed E-state index contributed by atoms with van der Waals surface area (Å²) in [7, 11) is 0. The third-order valence-electron chi connectivity index (χ3n) is 3.41. The average Bonchev–Trinajstić information content (AvgIpc) is 2.41. The first kappa shape index (κ1) is 13.4. The van der Waals surface area contributed by atoms with Crippen LogP contribution in [-0.4, -0.2) is 0 Å². The average molecular weight is 255 g/mol. The largest absolute Gasteiger partial charge is 0.398 e. The van der Waals surface area contributed by atoms with Gasteiger partial charge in [0.25, 0.3) is 0 Å². The Labute approximate surface area is 114 Å². The molecule has 0 aromatic heterocycles. The number of halogens is 1. The molecule has 0 saturated heterocycles. The van der Waals surface area contributed by atoms with Crippen LogP contribution in [0.25, 0.3) is 5.70 Å². The van der Waals surface area contributed by atoms with Crippen LogP contribution in [0.5, 0.6) is 0 Å². The molecule has 98 valence electrons. The van der Waals surface area contributed by atoms with E-state index in [0.717, 1.165) is 18.4 Å². The van der Waals surface area contributed by atoms with E-state index in [1.54, 1.807) is 12.1 Å². The fourth-order valence-electron chi connectivity index (χ4n) is 2.25. The highest BCUT2D eigenvalue weighted by atomic mass is 19.1. The SMILES string of the molecule is CCC1=C(/C=C(\N)c2ccc(F)cc2)C(C)C#CC1. The highest BCUT2D eigenvalue weighted by Gasteiger charge is 2.13. The summed E-state index contributed by atoms with van der Waals surface area (Å²) in [6.45, 7) is 4.22. The molecule has 0 heterocycles. The molecule has 2 heteroatoms. The Morgan fingerprint density at radius 3 is 2.74 bits per heavy atom. The number of benzene rings is 1. The Morgan fingerprint density at radius 1 is 1.42 bits per heavy atom. The summed E-state index contributed by atoms with van der Waals surface area (Å²) < 4.78 is 12.9. The molecule has 19 heavy (non-hydrogen) atoms. The van der Waals surface area contributed by atoms with Gasteiger partial charge < -0.3 is 5.73 Å². The maximum Gasteiger partial charge on any atom is 0.123 e. The zero-order chi connectivity index (χ0) is 13.8. The quantitative estimate of drug-likeness (QED) is 0.815. The van der Waals surface area contributed by atoms with Gasteiger partial charge in [-0.1, -0.05) is 36.5 Å². The van der Waals surface area contributed by atoms with Crippen molar-refractivity contribution in [3.05, 3.63) is 52.9 Å². The summed E-state index contributed by atoms with van der Waals surface area (Å²) >= 11 is 0. The van der Waals surface area contributed by atoms with Gasteiger partial charge in [-0.3, -0.25) is 0 Å². The lowest BCUT2D eigenvalue weighted by Crippen LogP contribution is -2.06. The molecule has 0 bridgehead atoms. The smallest absolute Gasteiger partial charge is 0.123 e. The van der Waals surface area contributed by atoms with Crippen LogP contribution in [0.2, 0.25) is 0 Å². The number of nitrogens with two attached hydrogens (primary N) is 1. The summed E-state index contributed by atoms with van der Waals surface area (Å²) in [6.07, 6.45) is 3.80. The number of hydrogen-bond acceptors (Lipinski definition) is 1. The summed E-state index contributed by atoms with van der Waals surface area (Å²) in [5, 5.41) is 0. The van der Waals surface area contributed by atoms with Gasteiger partial charge in [0.2, 0.25) is 0 Å². The van der Waals surface area contributed by atoms with Crippen LogP contribution in [0.15, 0.2) is 41.5 Å². The molecule has 0 radical (unpaired) electrons. The summed E-state index contributed by atoms with van der Waals surface area (Å²) in [5.41, 5.74) is 10.2. The zero-order valence-corrected chi connectivity index (χ0v) is 11.3. The molecule has 2 N–H and O–H groups in total. The van der Waals surface area contributed by atoms with E-state index in [1.165, 1.54) is 23.3 Å². The lowest BCUT2D eigenvalue weighted by molar-refractivity contribution is 0.627. The number of rotatable bonds is 3. The normalized spacial score (nSPS) is 19.1. The van der Waals surface area contributed by atoms with Crippen LogP contribution in [0.3, 0.4) is 0 Å². The van der Waals surface area contributed by atoms with E-state index >= 15 is 0 Å². The second-order valence-electron chi connectivity index (χ2n) is 4.74. The Kier molecular flexibility index (Phi) is 4.06. The van der Waals surface area contributed by atoms with Crippen LogP contribution in [-0.2, 0) is 0 Å². The summed E-state index contributed by atoms with van der Waals surface area (Å²) in [5.74, 6) is 6.32. The van der Waals surface area contributed by atoms with Gasteiger partial charge >= 0.3 is 0 Å². The van der Waals surface area contributed by atoms with Crippen LogP contribution in [0.4, 0.5) is 4.39 Å². The highest BCUT2D eigenvalue weighted by Crippen LogP contribution is 2.26. The highest BCUT2D eigenvalue weighted by molar-refractivity contribution is 5.66. The van der Waals surface area contributed by atoms with Gasteiger partial charge in [-0.2, -0.15) is 0 Å². The molecule has 1 aromatic carbocycles. The zero-order valence-electron chi connectivity index (χ0n) is 11.3. The molecule has 1 aliphatic carbocycles. The molecule has 1 aromatic rings. The molecular formula is C17H18FN. The molecule has 1 unspecified atom stereocenters. The van der Waals surface area contributed by atoms with E-state index < -0.39 is 0 Å². The second kappa shape index (κ2) is 5.75. The lowest BCUT2D eigenvalue weighted by atomic mass is 9.88. The molecule has 0 saturated carbocycles. The van der Waals surface area contributed by atoms with Crippen molar-refractivity contribution in [1.29, 1.82) is 0 Å². The van der Waals surface area contributed by atoms with Gasteiger partial charge in [0, 0.05) is 18.0 Å². The predicted molar refractivity (Wildman–Crippen MR) is 77.4 cm³/mol. The van der Waals surface area contributed by atoms with E-state index in [1.807, 2.05) is 6.08 Å². The van der Waals surface area contributed by atoms with E-state index in [4.69, 9.17) is 5.73 Å². The van der Waals surface area contributed by atoms with Gasteiger partial charge in [-0.25, -0.2) is 4.39 Å². The number of allylic oxidation sites excluding steroid dienone is 3. The number of hydrogen-bond donors (Lipinski definition) is 1. The van der Waals surface area contributed by atoms with Gasteiger partial charge in [0.05, 0.1) is 0 Å². The molecule has 0 amide bonds. The van der Waals surface area contributed by atoms with Crippen molar-refractivity contribution < 1.29 is 4.39 Å². The molecule has 0 fully saturated rings. The standard InChI is InChI=1S/C17H18FN/c1-3-13-6-4-5-12(2)16(13)11-17(19)14-7-9-15(18)10-8-14/h7-12H,3,6,19H2,1-2H3/b17-11-. The van der Waals surface area contributed by atoms with E-state index in [9.17, 15) is 4.39 Å². The van der Waals surface area contributed by atoms with Crippen LogP contribution >= 0.6 is 0 Å². The summed E-state index contributed by atoms with van der Waals surface area (Å²) in [4.78, 5) is 0. The van der Waals surface area contributed by atoms with Crippen LogP contribution < -0.4 is 5.73 Å². The minimum Gasteiger partial charge on any atom is -0.398 e. The van der Waals surface area contributed by atoms with Gasteiger partial charge in [0.1, 0.15) is 5.82 Å². The Morgan fingerprint density at radius 2 is 2.11 bits per heavy atom. The minimum absolute atomic E-state index is 0.211. The third kappa shape index (κ3) is 3.06. The first-order valence-corrected chi connectivity index (χ1v) is 6.55.